The lowest BCUT2D eigenvalue weighted by molar-refractivity contribution is -0.146. The molecular weight excluding hydrogens is 205 g/mol. The Morgan fingerprint density at radius 1 is 1.13 bits per heavy atom. The van der Waals surface area contributed by atoms with Gasteiger partial charge in [-0.3, -0.25) is 0 Å². The van der Waals surface area contributed by atoms with Crippen molar-refractivity contribution >= 4 is 0 Å². The van der Waals surface area contributed by atoms with Crippen molar-refractivity contribution in [1.82, 2.24) is 0 Å². The van der Waals surface area contributed by atoms with Crippen LogP contribution >= 0.6 is 0 Å². The lowest BCUT2D eigenvalue weighted by atomic mass is 10.2. The van der Waals surface area contributed by atoms with Crippen molar-refractivity contribution in [3.05, 3.63) is 35.9 Å². The number of alkyl halides is 3. The maximum absolute atomic E-state index is 12.0. The van der Waals surface area contributed by atoms with Gasteiger partial charge in [-0.1, -0.05) is 30.0 Å². The zero-order valence-corrected chi connectivity index (χ0v) is 7.58. The quantitative estimate of drug-likeness (QED) is 0.475. The Morgan fingerprint density at radius 3 is 2.33 bits per heavy atom. The van der Waals surface area contributed by atoms with E-state index in [1.165, 1.54) is 0 Å². The molecule has 0 bridgehead atoms. The summed E-state index contributed by atoms with van der Waals surface area (Å²) in [6.07, 6.45) is -6.99. The van der Waals surface area contributed by atoms with Crippen LogP contribution in [0.15, 0.2) is 30.3 Å². The second-order valence-corrected chi connectivity index (χ2v) is 3.15. The summed E-state index contributed by atoms with van der Waals surface area (Å²) in [5.41, 5.74) is 0.689. The summed E-state index contributed by atoms with van der Waals surface area (Å²) in [5.74, 6) is 5.07. The van der Waals surface area contributed by atoms with Gasteiger partial charge in [-0.05, 0) is 12.1 Å². The molecule has 0 saturated carbocycles. The highest BCUT2D eigenvalue weighted by Gasteiger charge is 2.57. The molecule has 1 fully saturated rings. The van der Waals surface area contributed by atoms with Crippen LogP contribution in [-0.4, -0.2) is 18.4 Å². The van der Waals surface area contributed by atoms with Crippen molar-refractivity contribution in [3.63, 3.8) is 0 Å². The van der Waals surface area contributed by atoms with Crippen LogP contribution < -0.4 is 0 Å². The van der Waals surface area contributed by atoms with Gasteiger partial charge in [0.1, 0.15) is 0 Å². The van der Waals surface area contributed by atoms with Crippen LogP contribution in [0.2, 0.25) is 0 Å². The summed E-state index contributed by atoms with van der Waals surface area (Å²) < 4.78 is 40.5. The van der Waals surface area contributed by atoms with Crippen LogP contribution in [0.3, 0.4) is 0 Å². The fourth-order valence-electron chi connectivity index (χ4n) is 1.15. The van der Waals surface area contributed by atoms with Crippen molar-refractivity contribution in [2.45, 2.75) is 18.4 Å². The molecule has 2 unspecified atom stereocenters. The molecule has 0 amide bonds. The summed E-state index contributed by atoms with van der Waals surface area (Å²) in [6, 6.07) is 8.84. The molecule has 1 saturated heterocycles. The van der Waals surface area contributed by atoms with Crippen LogP contribution in [0, 0.1) is 11.8 Å². The number of rotatable bonds is 0. The average molecular weight is 212 g/mol. The van der Waals surface area contributed by atoms with Crippen molar-refractivity contribution in [3.8, 4) is 11.8 Å². The average Bonchev–Trinajstić information content (AvgIpc) is 2.95. The maximum Gasteiger partial charge on any atom is 0.418 e. The van der Waals surface area contributed by atoms with E-state index in [1.807, 2.05) is 6.07 Å². The fourth-order valence-corrected chi connectivity index (χ4v) is 1.15. The minimum atomic E-state index is -4.30. The van der Waals surface area contributed by atoms with E-state index in [2.05, 4.69) is 16.6 Å². The van der Waals surface area contributed by atoms with Crippen LogP contribution in [-0.2, 0) is 4.74 Å². The molecule has 78 valence electrons. The molecule has 1 aromatic carbocycles. The van der Waals surface area contributed by atoms with E-state index in [9.17, 15) is 13.2 Å². The standard InChI is InChI=1S/C11H7F3O/c12-11(13,14)10-9(15-10)7-6-8-4-2-1-3-5-8/h1-5,9-10H. The Morgan fingerprint density at radius 2 is 1.80 bits per heavy atom. The van der Waals surface area contributed by atoms with Gasteiger partial charge in [0.25, 0.3) is 0 Å². The molecule has 1 aliphatic heterocycles. The molecular formula is C11H7F3O. The number of ether oxygens (including phenoxy) is 1. The van der Waals surface area contributed by atoms with Gasteiger partial charge in [-0.2, -0.15) is 13.2 Å². The minimum Gasteiger partial charge on any atom is -0.346 e. The fraction of sp³-hybridized carbons (Fsp3) is 0.273. The van der Waals surface area contributed by atoms with Crippen LogP contribution in [0.1, 0.15) is 5.56 Å². The third-order valence-corrected chi connectivity index (χ3v) is 1.95. The topological polar surface area (TPSA) is 12.5 Å². The first-order chi connectivity index (χ1) is 7.07. The third-order valence-electron chi connectivity index (χ3n) is 1.95. The number of benzene rings is 1. The van der Waals surface area contributed by atoms with Crippen LogP contribution in [0.4, 0.5) is 13.2 Å². The van der Waals surface area contributed by atoms with E-state index in [0.717, 1.165) is 0 Å². The number of hydrogen-bond donors (Lipinski definition) is 0. The molecule has 1 nitrogen and oxygen atoms in total. The van der Waals surface area contributed by atoms with Crippen LogP contribution in [0.5, 0.6) is 0 Å². The summed E-state index contributed by atoms with van der Waals surface area (Å²) >= 11 is 0. The van der Waals surface area contributed by atoms with Gasteiger partial charge in [0.15, 0.2) is 12.2 Å². The Kier molecular flexibility index (Phi) is 2.41. The van der Waals surface area contributed by atoms with Gasteiger partial charge in [0.05, 0.1) is 0 Å². The predicted molar refractivity (Wildman–Crippen MR) is 48.0 cm³/mol. The van der Waals surface area contributed by atoms with E-state index in [4.69, 9.17) is 0 Å². The second kappa shape index (κ2) is 3.59. The molecule has 1 heterocycles. The zero-order valence-electron chi connectivity index (χ0n) is 7.58. The van der Waals surface area contributed by atoms with E-state index < -0.39 is 18.4 Å². The highest BCUT2D eigenvalue weighted by atomic mass is 19.4. The third kappa shape index (κ3) is 2.51. The lowest BCUT2D eigenvalue weighted by Crippen LogP contribution is -2.18. The number of halogens is 3. The van der Waals surface area contributed by atoms with Crippen molar-refractivity contribution < 1.29 is 17.9 Å². The van der Waals surface area contributed by atoms with E-state index in [-0.39, 0.29) is 0 Å². The predicted octanol–water partition coefficient (Wildman–Crippen LogP) is 2.37. The van der Waals surface area contributed by atoms with Crippen molar-refractivity contribution in [2.75, 3.05) is 0 Å². The largest absolute Gasteiger partial charge is 0.418 e. The maximum atomic E-state index is 12.0. The number of epoxide rings is 1. The second-order valence-electron chi connectivity index (χ2n) is 3.15. The molecule has 15 heavy (non-hydrogen) atoms. The van der Waals surface area contributed by atoms with E-state index in [1.54, 1.807) is 24.3 Å². The zero-order chi connectivity index (χ0) is 10.9. The van der Waals surface area contributed by atoms with Crippen molar-refractivity contribution in [1.29, 1.82) is 0 Å². The molecule has 1 aromatic rings. The monoisotopic (exact) mass is 212 g/mol. The summed E-state index contributed by atoms with van der Waals surface area (Å²) in [7, 11) is 0. The molecule has 2 atom stereocenters. The first-order valence-electron chi connectivity index (χ1n) is 4.36. The van der Waals surface area contributed by atoms with Gasteiger partial charge in [-0.15, -0.1) is 0 Å². The SMILES string of the molecule is FC(F)(F)C1OC1C#Cc1ccccc1. The smallest absolute Gasteiger partial charge is 0.346 e. The summed E-state index contributed by atoms with van der Waals surface area (Å²) in [4.78, 5) is 0. The van der Waals surface area contributed by atoms with E-state index >= 15 is 0 Å². The van der Waals surface area contributed by atoms with Gasteiger partial charge in [-0.25, -0.2) is 0 Å². The molecule has 0 N–H and O–H groups in total. The Balaban J connectivity index is 1.99. The Hall–Kier alpha value is -1.47. The first kappa shape index (κ1) is 10.1. The lowest BCUT2D eigenvalue weighted by Gasteiger charge is -1.97. The minimum absolute atomic E-state index is 0.689. The molecule has 0 aliphatic carbocycles. The highest BCUT2D eigenvalue weighted by Crippen LogP contribution is 2.37. The first-order valence-corrected chi connectivity index (χ1v) is 4.36. The van der Waals surface area contributed by atoms with Gasteiger partial charge >= 0.3 is 6.18 Å². The van der Waals surface area contributed by atoms with Crippen LogP contribution in [0.25, 0.3) is 0 Å². The van der Waals surface area contributed by atoms with Gasteiger partial charge in [0.2, 0.25) is 0 Å². The molecule has 0 radical (unpaired) electrons. The summed E-state index contributed by atoms with van der Waals surface area (Å²) in [6.45, 7) is 0. The molecule has 0 aromatic heterocycles. The summed E-state index contributed by atoms with van der Waals surface area (Å²) in [5, 5.41) is 0. The van der Waals surface area contributed by atoms with Gasteiger partial charge < -0.3 is 4.74 Å². The Labute approximate surface area is 84.9 Å². The van der Waals surface area contributed by atoms with E-state index in [0.29, 0.717) is 5.56 Å². The molecule has 4 heteroatoms. The Bertz CT molecular complexity index is 399. The van der Waals surface area contributed by atoms with Gasteiger partial charge in [0, 0.05) is 5.56 Å². The molecule has 1 aliphatic rings. The molecule has 2 rings (SSSR count). The molecule has 0 spiro atoms. The normalized spacial score (nSPS) is 24.2. The highest BCUT2D eigenvalue weighted by molar-refractivity contribution is 5.35. The number of hydrogen-bond acceptors (Lipinski definition) is 1. The van der Waals surface area contributed by atoms with Crippen molar-refractivity contribution in [2.24, 2.45) is 0 Å².